The van der Waals surface area contributed by atoms with Crippen molar-refractivity contribution in [3.8, 4) is 11.5 Å². The van der Waals surface area contributed by atoms with Gasteiger partial charge < -0.3 is 19.8 Å². The first kappa shape index (κ1) is 15.3. The fourth-order valence-electron chi connectivity index (χ4n) is 3.74. The van der Waals surface area contributed by atoms with Crippen molar-refractivity contribution in [2.75, 3.05) is 6.79 Å². The van der Waals surface area contributed by atoms with Gasteiger partial charge in [-0.15, -0.1) is 0 Å². The van der Waals surface area contributed by atoms with Gasteiger partial charge in [0.05, 0.1) is 0 Å². The Morgan fingerprint density at radius 3 is 2.88 bits per heavy atom. The molecule has 1 fully saturated rings. The summed E-state index contributed by atoms with van der Waals surface area (Å²) >= 11 is 0. The smallest absolute Gasteiger partial charge is 0.247 e. The Morgan fingerprint density at radius 1 is 1.17 bits per heavy atom. The third-order valence-corrected chi connectivity index (χ3v) is 5.09. The monoisotopic (exact) mass is 326 g/mol. The molecule has 2 aromatic rings. The summed E-state index contributed by atoms with van der Waals surface area (Å²) in [5.74, 6) is 2.17. The molecule has 2 N–H and O–H groups in total. The molecule has 0 spiro atoms. The SMILES string of the molecule is C[C@@H](N[C@H]1CCC(c2ccc(=O)[nH]c2)C1)c1ccc2c(c1)OCO2. The lowest BCUT2D eigenvalue weighted by Crippen LogP contribution is -2.29. The molecule has 3 atom stereocenters. The maximum Gasteiger partial charge on any atom is 0.247 e. The van der Waals surface area contributed by atoms with E-state index in [4.69, 9.17) is 9.47 Å². The lowest BCUT2D eigenvalue weighted by Gasteiger charge is -2.20. The van der Waals surface area contributed by atoms with Crippen LogP contribution in [0, 0.1) is 0 Å². The molecule has 24 heavy (non-hydrogen) atoms. The number of aromatic amines is 1. The summed E-state index contributed by atoms with van der Waals surface area (Å²) in [5.41, 5.74) is 2.41. The van der Waals surface area contributed by atoms with Crippen LogP contribution in [0.5, 0.6) is 11.5 Å². The predicted octanol–water partition coefficient (Wildman–Crippen LogP) is 3.09. The zero-order valence-electron chi connectivity index (χ0n) is 13.7. The number of ether oxygens (including phenoxy) is 2. The van der Waals surface area contributed by atoms with E-state index in [9.17, 15) is 4.79 Å². The molecule has 1 aromatic heterocycles. The molecule has 4 rings (SSSR count). The second kappa shape index (κ2) is 6.32. The highest BCUT2D eigenvalue weighted by Crippen LogP contribution is 2.37. The van der Waals surface area contributed by atoms with E-state index >= 15 is 0 Å². The van der Waals surface area contributed by atoms with Gasteiger partial charge in [0, 0.05) is 24.3 Å². The lowest BCUT2D eigenvalue weighted by atomic mass is 9.99. The molecule has 0 radical (unpaired) electrons. The summed E-state index contributed by atoms with van der Waals surface area (Å²) in [5, 5.41) is 3.73. The van der Waals surface area contributed by atoms with E-state index in [1.807, 2.05) is 18.3 Å². The summed E-state index contributed by atoms with van der Waals surface area (Å²) in [7, 11) is 0. The molecule has 1 aromatic carbocycles. The van der Waals surface area contributed by atoms with Gasteiger partial charge in [0.2, 0.25) is 12.4 Å². The second-order valence-corrected chi connectivity index (χ2v) is 6.69. The highest BCUT2D eigenvalue weighted by atomic mass is 16.7. The molecular formula is C19H22N2O3. The van der Waals surface area contributed by atoms with E-state index in [2.05, 4.69) is 29.4 Å². The van der Waals surface area contributed by atoms with Crippen molar-refractivity contribution in [3.05, 3.63) is 58.0 Å². The zero-order valence-corrected chi connectivity index (χ0v) is 13.7. The predicted molar refractivity (Wildman–Crippen MR) is 91.6 cm³/mol. The number of rotatable bonds is 4. The molecule has 0 bridgehead atoms. The van der Waals surface area contributed by atoms with Crippen LogP contribution >= 0.6 is 0 Å². The van der Waals surface area contributed by atoms with Crippen LogP contribution < -0.4 is 20.3 Å². The van der Waals surface area contributed by atoms with Crippen LogP contribution in [0.1, 0.15) is 49.3 Å². The van der Waals surface area contributed by atoms with Crippen LogP contribution in [-0.2, 0) is 0 Å². The van der Waals surface area contributed by atoms with Crippen LogP contribution in [-0.4, -0.2) is 17.8 Å². The van der Waals surface area contributed by atoms with Crippen molar-refractivity contribution in [3.63, 3.8) is 0 Å². The molecule has 5 heteroatoms. The standard InChI is InChI=1S/C19H22N2O3/c1-12(13-3-6-17-18(9-13)24-11-23-17)21-16-5-2-14(8-16)15-4-7-19(22)20-10-15/h3-4,6-7,9-10,12,14,16,21H,2,5,8,11H2,1H3,(H,20,22)/t12-,14?,16+/m1/s1. The molecule has 2 heterocycles. The van der Waals surface area contributed by atoms with Crippen LogP contribution in [0.25, 0.3) is 0 Å². The maximum atomic E-state index is 11.2. The fourth-order valence-corrected chi connectivity index (χ4v) is 3.74. The first-order valence-corrected chi connectivity index (χ1v) is 8.53. The quantitative estimate of drug-likeness (QED) is 0.906. The Bertz CT molecular complexity index is 766. The summed E-state index contributed by atoms with van der Waals surface area (Å²) in [4.78, 5) is 14.0. The minimum absolute atomic E-state index is 0.0390. The van der Waals surface area contributed by atoms with E-state index < -0.39 is 0 Å². The Balaban J connectivity index is 1.39. The summed E-state index contributed by atoms with van der Waals surface area (Å²) < 4.78 is 10.8. The minimum Gasteiger partial charge on any atom is -0.454 e. The molecule has 1 aliphatic heterocycles. The number of nitrogens with one attached hydrogen (secondary N) is 2. The van der Waals surface area contributed by atoms with Crippen molar-refractivity contribution >= 4 is 0 Å². The van der Waals surface area contributed by atoms with Crippen LogP contribution in [0.4, 0.5) is 0 Å². The Morgan fingerprint density at radius 2 is 2.04 bits per heavy atom. The number of pyridine rings is 1. The zero-order chi connectivity index (χ0) is 16.5. The first-order chi connectivity index (χ1) is 11.7. The van der Waals surface area contributed by atoms with Gasteiger partial charge in [-0.3, -0.25) is 4.79 Å². The number of hydrogen-bond donors (Lipinski definition) is 2. The molecule has 0 saturated heterocycles. The van der Waals surface area contributed by atoms with Gasteiger partial charge in [0.15, 0.2) is 11.5 Å². The Kier molecular flexibility index (Phi) is 4.02. The van der Waals surface area contributed by atoms with Gasteiger partial charge in [-0.25, -0.2) is 0 Å². The second-order valence-electron chi connectivity index (χ2n) is 6.69. The van der Waals surface area contributed by atoms with Crippen LogP contribution in [0.3, 0.4) is 0 Å². The molecule has 0 amide bonds. The van der Waals surface area contributed by atoms with Gasteiger partial charge in [-0.1, -0.05) is 12.1 Å². The Hall–Kier alpha value is -2.27. The number of hydrogen-bond acceptors (Lipinski definition) is 4. The number of benzene rings is 1. The van der Waals surface area contributed by atoms with E-state index in [-0.39, 0.29) is 11.6 Å². The third-order valence-electron chi connectivity index (χ3n) is 5.09. The number of aromatic nitrogens is 1. The number of fused-ring (bicyclic) bond motifs is 1. The van der Waals surface area contributed by atoms with Gasteiger partial charge >= 0.3 is 0 Å². The average Bonchev–Trinajstić information content (AvgIpc) is 3.24. The molecule has 5 nitrogen and oxygen atoms in total. The van der Waals surface area contributed by atoms with E-state index in [1.165, 1.54) is 11.1 Å². The first-order valence-electron chi connectivity index (χ1n) is 8.53. The van der Waals surface area contributed by atoms with Gasteiger partial charge in [0.25, 0.3) is 0 Å². The molecule has 1 unspecified atom stereocenters. The van der Waals surface area contributed by atoms with Crippen LogP contribution in [0.15, 0.2) is 41.3 Å². The number of H-pyrrole nitrogens is 1. The molecule has 1 saturated carbocycles. The lowest BCUT2D eigenvalue weighted by molar-refractivity contribution is 0.174. The van der Waals surface area contributed by atoms with Crippen LogP contribution in [0.2, 0.25) is 0 Å². The molecule has 2 aliphatic rings. The topological polar surface area (TPSA) is 63.4 Å². The Labute approximate surface area is 141 Å². The summed E-state index contributed by atoms with van der Waals surface area (Å²) in [6, 6.07) is 10.5. The van der Waals surface area contributed by atoms with Crippen molar-refractivity contribution in [2.45, 2.75) is 44.2 Å². The summed E-state index contributed by atoms with van der Waals surface area (Å²) in [6.07, 6.45) is 5.26. The van der Waals surface area contributed by atoms with Gasteiger partial charge in [-0.05, 0) is 55.4 Å². The van der Waals surface area contributed by atoms with Gasteiger partial charge in [0.1, 0.15) is 0 Å². The van der Waals surface area contributed by atoms with Crippen molar-refractivity contribution in [2.24, 2.45) is 0 Å². The summed E-state index contributed by atoms with van der Waals surface area (Å²) in [6.45, 7) is 2.49. The molecular weight excluding hydrogens is 304 g/mol. The van der Waals surface area contributed by atoms with Crippen molar-refractivity contribution in [1.82, 2.24) is 10.3 Å². The highest BCUT2D eigenvalue weighted by Gasteiger charge is 2.27. The third kappa shape index (κ3) is 3.04. The molecule has 126 valence electrons. The van der Waals surface area contributed by atoms with E-state index in [1.54, 1.807) is 6.07 Å². The van der Waals surface area contributed by atoms with E-state index in [0.717, 1.165) is 30.8 Å². The molecule has 1 aliphatic carbocycles. The maximum absolute atomic E-state index is 11.2. The normalized spacial score (nSPS) is 23.4. The van der Waals surface area contributed by atoms with Crippen molar-refractivity contribution < 1.29 is 9.47 Å². The van der Waals surface area contributed by atoms with Crippen molar-refractivity contribution in [1.29, 1.82) is 0 Å². The minimum atomic E-state index is -0.0390. The van der Waals surface area contributed by atoms with Gasteiger partial charge in [-0.2, -0.15) is 0 Å². The average molecular weight is 326 g/mol. The van der Waals surface area contributed by atoms with E-state index in [0.29, 0.717) is 18.8 Å². The largest absolute Gasteiger partial charge is 0.454 e. The fraction of sp³-hybridized carbons (Fsp3) is 0.421. The highest BCUT2D eigenvalue weighted by molar-refractivity contribution is 5.45.